The molecule has 0 bridgehead atoms. The van der Waals surface area contributed by atoms with Gasteiger partial charge in [0.2, 0.25) is 0 Å². The van der Waals surface area contributed by atoms with Crippen molar-refractivity contribution in [2.45, 2.75) is 40.4 Å². The van der Waals surface area contributed by atoms with Crippen LogP contribution < -0.4 is 84.5 Å². The van der Waals surface area contributed by atoms with Crippen LogP contribution >= 0.6 is 45.9 Å². The first-order valence-corrected chi connectivity index (χ1v) is 27.1. The van der Waals surface area contributed by atoms with Gasteiger partial charge in [0.25, 0.3) is 11.1 Å². The van der Waals surface area contributed by atoms with Gasteiger partial charge in [-0.15, -0.1) is 22.7 Å². The number of aromatic amines is 2. The van der Waals surface area contributed by atoms with E-state index in [2.05, 4.69) is 25.3 Å². The third kappa shape index (κ3) is 14.4. The van der Waals surface area contributed by atoms with Crippen LogP contribution in [0.3, 0.4) is 0 Å². The van der Waals surface area contributed by atoms with Crippen molar-refractivity contribution in [3.63, 3.8) is 0 Å². The first kappa shape index (κ1) is 59.0. The zero-order chi connectivity index (χ0) is 53.6. The second kappa shape index (κ2) is 25.3. The molecule has 28 heteroatoms. The van der Waals surface area contributed by atoms with Gasteiger partial charge in [-0.3, -0.25) is 14.4 Å². The fourth-order valence-corrected chi connectivity index (χ4v) is 12.5. The number of hydrogen-bond donors (Lipinski definition) is 5. The number of benzene rings is 4. The summed E-state index contributed by atoms with van der Waals surface area (Å²) in [6.07, 6.45) is 0.908. The maximum atomic E-state index is 14.2. The second-order valence-corrected chi connectivity index (χ2v) is 23.4. The molecule has 4 aromatic carbocycles. The number of nitrogens with zero attached hydrogens (tertiary/aromatic N) is 3. The van der Waals surface area contributed by atoms with Crippen molar-refractivity contribution >= 4 is 111 Å². The Morgan fingerprint density at radius 3 is 1.56 bits per heavy atom. The number of carbonyl (C=O) groups is 2. The van der Waals surface area contributed by atoms with Crippen molar-refractivity contribution in [1.82, 2.24) is 19.1 Å². The number of Topliss-reactive ketones (excluding diaryl/α,β-unsaturated/α-hetero) is 1. The number of fused-ring (bicyclic) bond motifs is 2. The molecule has 5 N–H and O–H groups in total. The van der Waals surface area contributed by atoms with Crippen LogP contribution in [0.5, 0.6) is 0 Å². The molecule has 1 amide bonds. The average molecular weight is 1170 g/mol. The maximum Gasteiger partial charge on any atom is 1.00 e. The third-order valence-electron chi connectivity index (χ3n) is 10.8. The quantitative estimate of drug-likeness (QED) is 0.103. The molecular formula is C47H40Cl2F2KN7O12S4. The molecule has 8 aromatic rings. The van der Waals surface area contributed by atoms with Crippen LogP contribution in [0.15, 0.2) is 125 Å². The number of H-pyrrole nitrogens is 2. The number of anilines is 2. The minimum absolute atomic E-state index is 0. The van der Waals surface area contributed by atoms with Crippen LogP contribution in [0.25, 0.3) is 37.9 Å². The van der Waals surface area contributed by atoms with Crippen molar-refractivity contribution in [3.8, 4) is 11.4 Å². The van der Waals surface area contributed by atoms with E-state index in [-0.39, 0.29) is 122 Å². The smallest absolute Gasteiger partial charge is 0.541 e. The summed E-state index contributed by atoms with van der Waals surface area (Å²) in [6.45, 7) is 0.737. The Morgan fingerprint density at radius 1 is 0.720 bits per heavy atom. The maximum absolute atomic E-state index is 14.2. The Balaban J connectivity index is 0.000000216. The molecule has 0 aliphatic carbocycles. The summed E-state index contributed by atoms with van der Waals surface area (Å²) in [7, 11) is -4.93. The Bertz CT molecular complexity index is 3670. The number of aromatic nitrogens is 4. The van der Waals surface area contributed by atoms with Crippen molar-refractivity contribution in [2.24, 2.45) is 0 Å². The number of amides is 1. The number of ether oxygens (including phenoxy) is 1. The van der Waals surface area contributed by atoms with Crippen molar-refractivity contribution < 1.29 is 96.4 Å². The van der Waals surface area contributed by atoms with Crippen LogP contribution in [0, 0.1) is 11.6 Å². The van der Waals surface area contributed by atoms with Gasteiger partial charge in [0.1, 0.15) is 35.8 Å². The van der Waals surface area contributed by atoms with Gasteiger partial charge in [0.15, 0.2) is 21.9 Å². The van der Waals surface area contributed by atoms with Gasteiger partial charge < -0.3 is 40.0 Å². The van der Waals surface area contributed by atoms with E-state index in [1.165, 1.54) is 99.0 Å². The standard InChI is InChI=1S/C22H17ClFN3O5S2.C21H16ClFN4O5S2.C4H8O2.K/c1-25-18-10-17-15(9-16(18)24)21(29)27(22(30)26-17)13-4-2-12(3-5-13)8-14(28)11-34(31,32)20-7-6-19(23)33-20;1-24-16-10-15-13(9-14(16)23)20(29)27(21(30)25-15)12-4-2-11(3-5-12)8-18(28)26-34(31,32)19-7-6-17(22)33-19;5-4-2-1-3-6-4;/h2-7,9-10,25H,8,11H2,1H3,(H,26,30);2-7,9-10H,8H2,1H3,(H3,24,25,26,28,29,30);4-5H,1-3H2;/q;;;+1/p-1. The van der Waals surface area contributed by atoms with Crippen LogP contribution in [0.1, 0.15) is 24.0 Å². The van der Waals surface area contributed by atoms with E-state index in [1.54, 1.807) is 0 Å². The van der Waals surface area contributed by atoms with E-state index in [1.807, 2.05) is 0 Å². The summed E-state index contributed by atoms with van der Waals surface area (Å²) in [4.78, 5) is 80.5. The number of hydrogen-bond acceptors (Lipinski definition) is 16. The molecule has 0 saturated carbocycles. The summed E-state index contributed by atoms with van der Waals surface area (Å²) < 4.78 is 87.5. The topological polar surface area (TPSA) is 280 Å². The zero-order valence-electron chi connectivity index (χ0n) is 39.5. The summed E-state index contributed by atoms with van der Waals surface area (Å²) in [5.74, 6) is -3.37. The number of ketones is 1. The molecule has 388 valence electrons. The first-order valence-electron chi connectivity index (χ1n) is 21.6. The van der Waals surface area contributed by atoms with E-state index >= 15 is 0 Å². The average Bonchev–Trinajstić information content (AvgIpc) is 4.14. The molecule has 0 radical (unpaired) electrons. The summed E-state index contributed by atoms with van der Waals surface area (Å²) in [6, 6.07) is 21.9. The Morgan fingerprint density at radius 2 is 1.17 bits per heavy atom. The zero-order valence-corrected chi connectivity index (χ0v) is 47.4. The molecule has 1 aliphatic rings. The van der Waals surface area contributed by atoms with E-state index in [4.69, 9.17) is 33.0 Å². The summed E-state index contributed by atoms with van der Waals surface area (Å²) >= 11 is 13.2. The molecule has 5 heterocycles. The SMILES string of the molecule is CNc1cc2[nH]c(=O)n(-c3ccc(CC(=O)CS(=O)(=O)c4ccc(Cl)s4)cc3)c(=O)c2cc1F.CNc1cc2[nH]c(=O)n(-c3ccc(CC(=O)[N-]S(=O)(=O)c4ccc(Cl)s4)cc3)c(=O)c2cc1F.OC1CCCO1.[K+]. The Kier molecular flexibility index (Phi) is 19.9. The minimum atomic E-state index is -4.17. The fraction of sp³-hybridized carbons (Fsp3) is 0.191. The van der Waals surface area contributed by atoms with Gasteiger partial charge in [0.05, 0.1) is 59.1 Å². The van der Waals surface area contributed by atoms with Gasteiger partial charge in [0, 0.05) is 40.0 Å². The first-order chi connectivity index (χ1) is 35.1. The van der Waals surface area contributed by atoms with Crippen LogP contribution in [-0.4, -0.2) is 85.5 Å². The van der Waals surface area contributed by atoms with E-state index < -0.39 is 77.7 Å². The number of aliphatic hydroxyl groups is 1. The van der Waals surface area contributed by atoms with Crippen molar-refractivity contribution in [1.29, 1.82) is 0 Å². The van der Waals surface area contributed by atoms with Gasteiger partial charge in [-0.25, -0.2) is 44.3 Å². The molecule has 1 atom stereocenters. The summed E-state index contributed by atoms with van der Waals surface area (Å²) in [5, 5.41) is 13.8. The molecule has 0 spiro atoms. The molecule has 19 nitrogen and oxygen atoms in total. The van der Waals surface area contributed by atoms with Crippen LogP contribution in [0.4, 0.5) is 20.2 Å². The fourth-order valence-electron chi connectivity index (χ4n) is 7.26. The van der Waals surface area contributed by atoms with Gasteiger partial charge in [-0.05, 0) is 90.3 Å². The number of sulfone groups is 1. The summed E-state index contributed by atoms with van der Waals surface area (Å²) in [5.41, 5.74) is -0.937. The van der Waals surface area contributed by atoms with Gasteiger partial charge >= 0.3 is 62.8 Å². The van der Waals surface area contributed by atoms with Crippen molar-refractivity contribution in [2.75, 3.05) is 37.1 Å². The molecular weight excluding hydrogens is 1130 g/mol. The van der Waals surface area contributed by atoms with E-state index in [0.29, 0.717) is 15.5 Å². The van der Waals surface area contributed by atoms with Crippen LogP contribution in [0.2, 0.25) is 8.67 Å². The molecule has 1 fully saturated rings. The molecule has 1 aliphatic heterocycles. The molecule has 4 aromatic heterocycles. The number of sulfonamides is 1. The second-order valence-electron chi connectivity index (χ2n) is 15.9. The molecule has 1 saturated heterocycles. The number of nitrogens with one attached hydrogen (secondary N) is 4. The largest absolute Gasteiger partial charge is 1.00 e. The van der Waals surface area contributed by atoms with Crippen LogP contribution in [-0.2, 0) is 47.0 Å². The molecule has 75 heavy (non-hydrogen) atoms. The Labute approximate surface area is 484 Å². The Hall–Kier alpha value is -5.20. The van der Waals surface area contributed by atoms with Gasteiger partial charge in [-0.1, -0.05) is 47.5 Å². The minimum Gasteiger partial charge on any atom is -0.541 e. The number of thiophene rings is 2. The predicted molar refractivity (Wildman–Crippen MR) is 279 cm³/mol. The number of carbonyl (C=O) groups excluding carboxylic acids is 2. The van der Waals surface area contributed by atoms with E-state index in [9.17, 15) is 54.4 Å². The molecule has 9 rings (SSSR count). The van der Waals surface area contributed by atoms with E-state index in [0.717, 1.165) is 63.4 Å². The normalized spacial score (nSPS) is 13.2. The predicted octanol–water partition coefficient (Wildman–Crippen LogP) is 3.69. The molecule has 1 unspecified atom stereocenters. The van der Waals surface area contributed by atoms with Gasteiger partial charge in [-0.2, -0.15) is 0 Å². The number of halogens is 4. The monoisotopic (exact) mass is 1170 g/mol. The number of rotatable bonds is 13. The third-order valence-corrected chi connectivity index (χ3v) is 17.3. The van der Waals surface area contributed by atoms with Crippen molar-refractivity contribution in [3.05, 3.63) is 175 Å². The number of aliphatic hydroxyl groups excluding tert-OH is 1.